The number of carbonyl (C=O) groups is 2. The minimum atomic E-state index is -0.505. The first-order valence-electron chi connectivity index (χ1n) is 9.10. The van der Waals surface area contributed by atoms with Gasteiger partial charge >= 0.3 is 0 Å². The molecule has 0 radical (unpaired) electrons. The minimum absolute atomic E-state index is 0.0301. The maximum Gasteiger partial charge on any atom is 0.259 e. The van der Waals surface area contributed by atoms with Crippen LogP contribution in [0.15, 0.2) is 78.4 Å². The van der Waals surface area contributed by atoms with Gasteiger partial charge in [0.25, 0.3) is 5.91 Å². The first-order chi connectivity index (χ1) is 14.1. The quantitative estimate of drug-likeness (QED) is 0.399. The van der Waals surface area contributed by atoms with Gasteiger partial charge in [0.1, 0.15) is 5.82 Å². The second-order valence-electron chi connectivity index (χ2n) is 6.62. The van der Waals surface area contributed by atoms with Gasteiger partial charge < -0.3 is 5.32 Å². The topological polar surface area (TPSA) is 46.2 Å². The lowest BCUT2D eigenvalue weighted by Crippen LogP contribution is -2.27. The molecule has 3 aromatic carbocycles. The van der Waals surface area contributed by atoms with Crippen molar-refractivity contribution in [3.05, 3.63) is 106 Å². The Morgan fingerprint density at radius 2 is 1.76 bits per heavy atom. The number of fused-ring (bicyclic) bond motifs is 1. The zero-order chi connectivity index (χ0) is 20.2. The number of hydrogen-bond donors (Lipinski definition) is 1. The van der Waals surface area contributed by atoms with Crippen LogP contribution >= 0.6 is 0 Å². The highest BCUT2D eigenvalue weighted by atomic mass is 19.1. The summed E-state index contributed by atoms with van der Waals surface area (Å²) in [5.74, 6) is 4.82. The number of anilines is 1. The monoisotopic (exact) mass is 381 g/mol. The van der Waals surface area contributed by atoms with Gasteiger partial charge in [-0.15, -0.1) is 0 Å². The van der Waals surface area contributed by atoms with Gasteiger partial charge in [0.15, 0.2) is 0 Å². The maximum atomic E-state index is 13.4. The summed E-state index contributed by atoms with van der Waals surface area (Å²) in [4.78, 5) is 25.2. The molecule has 0 bridgehead atoms. The molecule has 1 aliphatic rings. The molecule has 0 saturated carbocycles. The lowest BCUT2D eigenvalue weighted by Gasteiger charge is -2.18. The van der Waals surface area contributed by atoms with E-state index in [9.17, 15) is 14.0 Å². The van der Waals surface area contributed by atoms with Crippen LogP contribution in [-0.2, 0) is 11.2 Å². The Morgan fingerprint density at radius 3 is 2.55 bits per heavy atom. The predicted molar refractivity (Wildman–Crippen MR) is 111 cm³/mol. The highest BCUT2D eigenvalue weighted by Gasteiger charge is 2.28. The SMILES string of the molecule is O=C1Nc2ccc(C#CCc3ccccc3)cc2C(=O)C1=Cc1cccc(F)c1. The van der Waals surface area contributed by atoms with Gasteiger partial charge in [-0.25, -0.2) is 4.39 Å². The van der Waals surface area contributed by atoms with E-state index in [0.29, 0.717) is 28.8 Å². The zero-order valence-electron chi connectivity index (χ0n) is 15.4. The van der Waals surface area contributed by atoms with Gasteiger partial charge in [0, 0.05) is 17.5 Å². The molecule has 3 aromatic rings. The molecule has 0 spiro atoms. The van der Waals surface area contributed by atoms with Crippen LogP contribution in [0.3, 0.4) is 0 Å². The Kier molecular flexibility index (Phi) is 5.05. The summed E-state index contributed by atoms with van der Waals surface area (Å²) in [7, 11) is 0. The summed E-state index contributed by atoms with van der Waals surface area (Å²) in [6.07, 6.45) is 2.00. The van der Waals surface area contributed by atoms with Gasteiger partial charge in [-0.1, -0.05) is 54.3 Å². The molecule has 0 fully saturated rings. The molecule has 140 valence electrons. The molecule has 0 unspecified atom stereocenters. The third-order valence-electron chi connectivity index (χ3n) is 4.53. The van der Waals surface area contributed by atoms with E-state index in [1.165, 1.54) is 24.3 Å². The zero-order valence-corrected chi connectivity index (χ0v) is 15.4. The number of halogens is 1. The molecular weight excluding hydrogens is 365 g/mol. The molecule has 1 amide bonds. The van der Waals surface area contributed by atoms with Crippen LogP contribution in [0.2, 0.25) is 0 Å². The Hall–Kier alpha value is -3.97. The average Bonchev–Trinajstić information content (AvgIpc) is 2.72. The van der Waals surface area contributed by atoms with Gasteiger partial charge in [-0.05, 0) is 47.5 Å². The fraction of sp³-hybridized carbons (Fsp3) is 0.0400. The Labute approximate surface area is 167 Å². The lowest BCUT2D eigenvalue weighted by molar-refractivity contribution is -0.112. The number of hydrogen-bond acceptors (Lipinski definition) is 2. The van der Waals surface area contributed by atoms with Crippen LogP contribution in [0.4, 0.5) is 10.1 Å². The number of benzene rings is 3. The molecule has 1 heterocycles. The third kappa shape index (κ3) is 4.15. The second-order valence-corrected chi connectivity index (χ2v) is 6.62. The lowest BCUT2D eigenvalue weighted by atomic mass is 9.93. The number of Topliss-reactive ketones (excluding diaryl/α,β-unsaturated/α-hetero) is 1. The summed E-state index contributed by atoms with van der Waals surface area (Å²) in [6, 6.07) is 20.8. The summed E-state index contributed by atoms with van der Waals surface area (Å²) in [6.45, 7) is 0. The molecule has 0 aromatic heterocycles. The van der Waals surface area contributed by atoms with E-state index in [4.69, 9.17) is 0 Å². The number of amides is 1. The molecule has 0 atom stereocenters. The second kappa shape index (κ2) is 7.95. The smallest absolute Gasteiger partial charge is 0.259 e. The highest BCUT2D eigenvalue weighted by molar-refractivity contribution is 6.36. The number of carbonyl (C=O) groups excluding carboxylic acids is 2. The van der Waals surface area contributed by atoms with E-state index in [0.717, 1.165) is 5.56 Å². The normalized spacial score (nSPS) is 14.0. The Bertz CT molecular complexity index is 1200. The van der Waals surface area contributed by atoms with Crippen molar-refractivity contribution in [2.24, 2.45) is 0 Å². The van der Waals surface area contributed by atoms with Crippen LogP contribution < -0.4 is 5.32 Å². The van der Waals surface area contributed by atoms with Crippen molar-refractivity contribution >= 4 is 23.5 Å². The van der Waals surface area contributed by atoms with E-state index in [2.05, 4.69) is 17.2 Å². The predicted octanol–water partition coefficient (Wildman–Crippen LogP) is 4.64. The largest absolute Gasteiger partial charge is 0.321 e. The summed E-state index contributed by atoms with van der Waals surface area (Å²) >= 11 is 0. The number of ketones is 1. The van der Waals surface area contributed by atoms with Crippen molar-refractivity contribution in [1.29, 1.82) is 0 Å². The molecule has 0 saturated heterocycles. The van der Waals surface area contributed by atoms with Crippen molar-refractivity contribution in [3.8, 4) is 11.8 Å². The standard InChI is InChI=1S/C25H16FNO2/c26-20-11-5-10-19(14-20)16-22-24(28)21-15-18(12-13-23(21)27-25(22)29)9-4-8-17-6-2-1-3-7-17/h1-3,5-7,10-16H,8H2,(H,27,29). The first kappa shape index (κ1) is 18.4. The molecular formula is C25H16FNO2. The van der Waals surface area contributed by atoms with Crippen LogP contribution in [0, 0.1) is 17.7 Å². The number of nitrogens with one attached hydrogen (secondary N) is 1. The highest BCUT2D eigenvalue weighted by Crippen LogP contribution is 2.27. The van der Waals surface area contributed by atoms with E-state index in [-0.39, 0.29) is 5.57 Å². The molecule has 3 nitrogen and oxygen atoms in total. The van der Waals surface area contributed by atoms with Gasteiger partial charge in [0.2, 0.25) is 5.78 Å². The Morgan fingerprint density at radius 1 is 0.931 bits per heavy atom. The van der Waals surface area contributed by atoms with Crippen molar-refractivity contribution in [2.45, 2.75) is 6.42 Å². The molecule has 4 rings (SSSR count). The van der Waals surface area contributed by atoms with Crippen LogP contribution in [0.5, 0.6) is 0 Å². The van der Waals surface area contributed by atoms with E-state index >= 15 is 0 Å². The van der Waals surface area contributed by atoms with Crippen LogP contribution in [-0.4, -0.2) is 11.7 Å². The minimum Gasteiger partial charge on any atom is -0.321 e. The van der Waals surface area contributed by atoms with Crippen molar-refractivity contribution in [3.63, 3.8) is 0 Å². The van der Waals surface area contributed by atoms with E-state index < -0.39 is 17.5 Å². The van der Waals surface area contributed by atoms with E-state index in [1.807, 2.05) is 30.3 Å². The van der Waals surface area contributed by atoms with Crippen molar-refractivity contribution < 1.29 is 14.0 Å². The van der Waals surface area contributed by atoms with Gasteiger partial charge in [-0.2, -0.15) is 0 Å². The molecule has 4 heteroatoms. The average molecular weight is 381 g/mol. The maximum absolute atomic E-state index is 13.4. The molecule has 1 N–H and O–H groups in total. The van der Waals surface area contributed by atoms with Crippen molar-refractivity contribution in [2.75, 3.05) is 5.32 Å². The fourth-order valence-electron chi connectivity index (χ4n) is 3.10. The van der Waals surface area contributed by atoms with Gasteiger partial charge in [0.05, 0.1) is 11.3 Å². The van der Waals surface area contributed by atoms with Crippen LogP contribution in [0.25, 0.3) is 6.08 Å². The molecule has 1 aliphatic heterocycles. The van der Waals surface area contributed by atoms with Gasteiger partial charge in [-0.3, -0.25) is 9.59 Å². The van der Waals surface area contributed by atoms with Crippen LogP contribution in [0.1, 0.15) is 27.0 Å². The first-order valence-corrected chi connectivity index (χ1v) is 9.10. The van der Waals surface area contributed by atoms with Crippen molar-refractivity contribution in [1.82, 2.24) is 0 Å². The van der Waals surface area contributed by atoms with E-state index in [1.54, 1.807) is 24.3 Å². The Balaban J connectivity index is 1.62. The number of rotatable bonds is 2. The summed E-state index contributed by atoms with van der Waals surface area (Å²) in [5.41, 5.74) is 3.04. The third-order valence-corrected chi connectivity index (χ3v) is 4.53. The molecule has 0 aliphatic carbocycles. The summed E-state index contributed by atoms with van der Waals surface area (Å²) < 4.78 is 13.4. The summed E-state index contributed by atoms with van der Waals surface area (Å²) in [5, 5.41) is 2.71. The molecule has 29 heavy (non-hydrogen) atoms. The fourth-order valence-corrected chi connectivity index (χ4v) is 3.10.